The molecule has 0 heterocycles. The van der Waals surface area contributed by atoms with Crippen LogP contribution in [0.5, 0.6) is 0 Å². The highest BCUT2D eigenvalue weighted by Gasteiger charge is 2.35. The van der Waals surface area contributed by atoms with Crippen LogP contribution in [0, 0.1) is 0 Å². The number of hydrogen-bond acceptors (Lipinski definition) is 2. The largest absolute Gasteiger partial charge is 0.432 e. The molecular formula is C7H12F3NO. The second-order valence-corrected chi connectivity index (χ2v) is 2.50. The Morgan fingerprint density at radius 3 is 2.25 bits per heavy atom. The lowest BCUT2D eigenvalue weighted by atomic mass is 10.1. The van der Waals surface area contributed by atoms with E-state index in [4.69, 9.17) is 5.21 Å². The van der Waals surface area contributed by atoms with Crippen LogP contribution in [0.25, 0.3) is 0 Å². The van der Waals surface area contributed by atoms with Gasteiger partial charge in [0.25, 0.3) is 0 Å². The van der Waals surface area contributed by atoms with Gasteiger partial charge in [0.2, 0.25) is 0 Å². The molecule has 0 saturated carbocycles. The standard InChI is InChI=1S/C7H12F3NO/c1-2-3-4-5-6(11-12)7(8,9)10/h12H,2-5H2,1H3/b11-6+. The third-order valence-corrected chi connectivity index (χ3v) is 1.47. The molecule has 0 rings (SSSR count). The van der Waals surface area contributed by atoms with Crippen molar-refractivity contribution in [1.82, 2.24) is 0 Å². The van der Waals surface area contributed by atoms with Crippen molar-refractivity contribution in [3.63, 3.8) is 0 Å². The van der Waals surface area contributed by atoms with Gasteiger partial charge in [-0.05, 0) is 12.8 Å². The zero-order chi connectivity index (χ0) is 9.61. The molecule has 5 heteroatoms. The molecule has 0 amide bonds. The molecule has 1 N–H and O–H groups in total. The minimum atomic E-state index is -4.48. The van der Waals surface area contributed by atoms with Gasteiger partial charge in [-0.15, -0.1) is 0 Å². The van der Waals surface area contributed by atoms with Crippen LogP contribution in [0.1, 0.15) is 32.6 Å². The molecule has 0 unspecified atom stereocenters. The van der Waals surface area contributed by atoms with E-state index in [-0.39, 0.29) is 6.42 Å². The second-order valence-electron chi connectivity index (χ2n) is 2.50. The zero-order valence-electron chi connectivity index (χ0n) is 6.86. The van der Waals surface area contributed by atoms with Crippen molar-refractivity contribution in [2.45, 2.75) is 38.8 Å². The Kier molecular flexibility index (Phi) is 4.70. The smallest absolute Gasteiger partial charge is 0.411 e. The van der Waals surface area contributed by atoms with Crippen molar-refractivity contribution in [2.75, 3.05) is 0 Å². The number of oxime groups is 1. The quantitative estimate of drug-likeness (QED) is 0.309. The highest BCUT2D eigenvalue weighted by Crippen LogP contribution is 2.20. The lowest BCUT2D eigenvalue weighted by Crippen LogP contribution is -2.22. The van der Waals surface area contributed by atoms with E-state index in [1.807, 2.05) is 6.92 Å². The Hall–Kier alpha value is -0.740. The molecule has 0 aromatic carbocycles. The fraction of sp³-hybridized carbons (Fsp3) is 0.857. The van der Waals surface area contributed by atoms with Crippen LogP contribution >= 0.6 is 0 Å². The maximum absolute atomic E-state index is 11.9. The van der Waals surface area contributed by atoms with Gasteiger partial charge in [0, 0.05) is 0 Å². The number of nitrogens with zero attached hydrogens (tertiary/aromatic N) is 1. The van der Waals surface area contributed by atoms with E-state index in [2.05, 4.69) is 5.16 Å². The third kappa shape index (κ3) is 4.20. The van der Waals surface area contributed by atoms with E-state index in [0.29, 0.717) is 6.42 Å². The molecule has 0 spiro atoms. The predicted molar refractivity (Wildman–Crippen MR) is 39.4 cm³/mol. The summed E-state index contributed by atoms with van der Waals surface area (Å²) in [6.07, 6.45) is -2.71. The number of hydrogen-bond donors (Lipinski definition) is 1. The van der Waals surface area contributed by atoms with Crippen LogP contribution in [-0.2, 0) is 0 Å². The van der Waals surface area contributed by atoms with Crippen molar-refractivity contribution in [2.24, 2.45) is 5.16 Å². The summed E-state index contributed by atoms with van der Waals surface area (Å²) in [5.41, 5.74) is -1.09. The first-order valence-electron chi connectivity index (χ1n) is 3.80. The topological polar surface area (TPSA) is 32.6 Å². The van der Waals surface area contributed by atoms with Gasteiger partial charge in [-0.1, -0.05) is 24.9 Å². The number of halogens is 3. The Bertz CT molecular complexity index is 153. The zero-order valence-corrected chi connectivity index (χ0v) is 6.86. The maximum Gasteiger partial charge on any atom is 0.432 e. The van der Waals surface area contributed by atoms with E-state index < -0.39 is 11.9 Å². The average molecular weight is 183 g/mol. The highest BCUT2D eigenvalue weighted by molar-refractivity contribution is 5.89. The lowest BCUT2D eigenvalue weighted by molar-refractivity contribution is -0.0627. The Labute approximate surface area is 69.1 Å². The molecule has 0 aromatic rings. The molecule has 0 bridgehead atoms. The van der Waals surface area contributed by atoms with Gasteiger partial charge >= 0.3 is 6.18 Å². The molecule has 0 fully saturated rings. The molecule has 0 saturated heterocycles. The number of rotatable bonds is 4. The van der Waals surface area contributed by atoms with E-state index >= 15 is 0 Å². The summed E-state index contributed by atoms with van der Waals surface area (Å²) in [6.45, 7) is 1.89. The summed E-state index contributed by atoms with van der Waals surface area (Å²) < 4.78 is 35.6. The molecular weight excluding hydrogens is 171 g/mol. The summed E-state index contributed by atoms with van der Waals surface area (Å²) in [6, 6.07) is 0. The van der Waals surface area contributed by atoms with E-state index in [1.54, 1.807) is 0 Å². The van der Waals surface area contributed by atoms with Crippen LogP contribution in [-0.4, -0.2) is 17.1 Å². The minimum absolute atomic E-state index is 0.201. The highest BCUT2D eigenvalue weighted by atomic mass is 19.4. The fourth-order valence-corrected chi connectivity index (χ4v) is 0.791. The maximum atomic E-state index is 11.9. The molecule has 0 aliphatic carbocycles. The first-order chi connectivity index (χ1) is 5.52. The second kappa shape index (κ2) is 5.00. The summed E-state index contributed by atoms with van der Waals surface area (Å²) in [7, 11) is 0. The van der Waals surface area contributed by atoms with Gasteiger partial charge in [-0.25, -0.2) is 0 Å². The lowest BCUT2D eigenvalue weighted by Gasteiger charge is -2.07. The number of unbranched alkanes of at least 4 members (excludes halogenated alkanes) is 2. The Morgan fingerprint density at radius 2 is 1.92 bits per heavy atom. The molecule has 72 valence electrons. The Balaban J connectivity index is 3.87. The molecule has 0 aliphatic rings. The SMILES string of the molecule is CCCCC/C(=N\O)C(F)(F)F. The first-order valence-corrected chi connectivity index (χ1v) is 3.80. The van der Waals surface area contributed by atoms with E-state index in [9.17, 15) is 13.2 Å². The van der Waals surface area contributed by atoms with Crippen LogP contribution in [0.2, 0.25) is 0 Å². The van der Waals surface area contributed by atoms with Gasteiger partial charge < -0.3 is 5.21 Å². The van der Waals surface area contributed by atoms with Crippen LogP contribution in [0.3, 0.4) is 0 Å². The van der Waals surface area contributed by atoms with E-state index in [1.165, 1.54) is 0 Å². The molecule has 0 aliphatic heterocycles. The van der Waals surface area contributed by atoms with Crippen molar-refractivity contribution < 1.29 is 18.4 Å². The van der Waals surface area contributed by atoms with Crippen molar-refractivity contribution in [3.05, 3.63) is 0 Å². The first kappa shape index (κ1) is 11.3. The van der Waals surface area contributed by atoms with Gasteiger partial charge in [0.1, 0.15) is 0 Å². The van der Waals surface area contributed by atoms with Gasteiger partial charge in [0.05, 0.1) is 0 Å². The van der Waals surface area contributed by atoms with E-state index in [0.717, 1.165) is 12.8 Å². The van der Waals surface area contributed by atoms with Gasteiger partial charge in [0.15, 0.2) is 5.71 Å². The molecule has 2 nitrogen and oxygen atoms in total. The van der Waals surface area contributed by atoms with Crippen LogP contribution in [0.15, 0.2) is 5.16 Å². The summed E-state index contributed by atoms with van der Waals surface area (Å²) in [5.74, 6) is 0. The third-order valence-electron chi connectivity index (χ3n) is 1.47. The predicted octanol–water partition coefficient (Wildman–Crippen LogP) is 2.96. The van der Waals surface area contributed by atoms with Gasteiger partial charge in [-0.2, -0.15) is 13.2 Å². The summed E-state index contributed by atoms with van der Waals surface area (Å²) in [5, 5.41) is 10.3. The van der Waals surface area contributed by atoms with Crippen LogP contribution < -0.4 is 0 Å². The average Bonchev–Trinajstić information content (AvgIpc) is 1.95. The van der Waals surface area contributed by atoms with Crippen LogP contribution in [0.4, 0.5) is 13.2 Å². The normalized spacial score (nSPS) is 13.5. The monoisotopic (exact) mass is 183 g/mol. The van der Waals surface area contributed by atoms with Crippen molar-refractivity contribution in [1.29, 1.82) is 0 Å². The van der Waals surface area contributed by atoms with Crippen molar-refractivity contribution >= 4 is 5.71 Å². The number of alkyl halides is 3. The Morgan fingerprint density at radius 1 is 1.33 bits per heavy atom. The molecule has 0 aromatic heterocycles. The molecule has 0 atom stereocenters. The van der Waals surface area contributed by atoms with Gasteiger partial charge in [-0.3, -0.25) is 0 Å². The summed E-state index contributed by atoms with van der Waals surface area (Å²) >= 11 is 0. The minimum Gasteiger partial charge on any atom is -0.411 e. The summed E-state index contributed by atoms with van der Waals surface area (Å²) in [4.78, 5) is 0. The molecule has 0 radical (unpaired) electrons. The molecule has 12 heavy (non-hydrogen) atoms. The van der Waals surface area contributed by atoms with Crippen molar-refractivity contribution in [3.8, 4) is 0 Å². The fourth-order valence-electron chi connectivity index (χ4n) is 0.791.